The van der Waals surface area contributed by atoms with E-state index in [0.29, 0.717) is 5.92 Å². The molecule has 1 aliphatic rings. The lowest BCUT2D eigenvalue weighted by Crippen LogP contribution is -2.25. The van der Waals surface area contributed by atoms with Crippen molar-refractivity contribution in [3.8, 4) is 0 Å². The molecule has 0 aromatic heterocycles. The molecule has 1 nitrogen and oxygen atoms in total. The summed E-state index contributed by atoms with van der Waals surface area (Å²) in [5.41, 5.74) is 8.97. The average molecular weight is 288 g/mol. The monoisotopic (exact) mass is 287 g/mol. The number of hydrogen-bond acceptors (Lipinski definition) is 1. The lowest BCUT2D eigenvalue weighted by Gasteiger charge is -2.31. The molecule has 0 heterocycles. The molecule has 3 rings (SSSR count). The zero-order valence-corrected chi connectivity index (χ0v) is 12.5. The third-order valence-electron chi connectivity index (χ3n) is 4.60. The summed E-state index contributed by atoms with van der Waals surface area (Å²) in [6.07, 6.45) is 3.63. The van der Waals surface area contributed by atoms with Gasteiger partial charge in [0.15, 0.2) is 0 Å². The van der Waals surface area contributed by atoms with Gasteiger partial charge in [0.1, 0.15) is 0 Å². The smallest absolute Gasteiger partial charge is 0.0206 e. The van der Waals surface area contributed by atoms with Crippen molar-refractivity contribution in [3.05, 3.63) is 71.8 Å². The van der Waals surface area contributed by atoms with Gasteiger partial charge < -0.3 is 5.73 Å². The highest BCUT2D eigenvalue weighted by Crippen LogP contribution is 2.48. The normalized spacial score (nSPS) is 20.4. The lowest BCUT2D eigenvalue weighted by atomic mass is 9.72. The van der Waals surface area contributed by atoms with E-state index >= 15 is 0 Å². The first kappa shape index (κ1) is 15.1. The maximum Gasteiger partial charge on any atom is 0.0206 e. The first-order valence-electron chi connectivity index (χ1n) is 7.16. The van der Waals surface area contributed by atoms with Gasteiger partial charge in [-0.2, -0.15) is 0 Å². The minimum atomic E-state index is 0. The number of halogens is 1. The van der Waals surface area contributed by atoms with E-state index in [-0.39, 0.29) is 17.8 Å². The first-order chi connectivity index (χ1) is 9.35. The number of benzene rings is 2. The Morgan fingerprint density at radius 2 is 1.40 bits per heavy atom. The van der Waals surface area contributed by atoms with Gasteiger partial charge in [-0.05, 0) is 42.9 Å². The molecule has 0 aliphatic heterocycles. The van der Waals surface area contributed by atoms with Crippen LogP contribution in [0.4, 0.5) is 0 Å². The summed E-state index contributed by atoms with van der Waals surface area (Å²) >= 11 is 0. The summed E-state index contributed by atoms with van der Waals surface area (Å²) in [6, 6.07) is 21.9. The quantitative estimate of drug-likeness (QED) is 0.901. The topological polar surface area (TPSA) is 26.0 Å². The number of nitrogens with two attached hydrogens (primary N) is 1. The molecule has 0 bridgehead atoms. The molecule has 2 N–H and O–H groups in total. The Labute approximate surface area is 127 Å². The summed E-state index contributed by atoms with van der Waals surface area (Å²) in [7, 11) is 0. The molecular formula is C18H22ClN. The molecular weight excluding hydrogens is 266 g/mol. The van der Waals surface area contributed by atoms with Gasteiger partial charge in [0.25, 0.3) is 0 Å². The van der Waals surface area contributed by atoms with Gasteiger partial charge in [-0.3, -0.25) is 0 Å². The van der Waals surface area contributed by atoms with Gasteiger partial charge in [0.05, 0.1) is 0 Å². The second-order valence-corrected chi connectivity index (χ2v) is 5.66. The van der Waals surface area contributed by atoms with Crippen LogP contribution in [0.15, 0.2) is 60.7 Å². The van der Waals surface area contributed by atoms with Crippen LogP contribution < -0.4 is 5.73 Å². The predicted molar refractivity (Wildman–Crippen MR) is 87.3 cm³/mol. The summed E-state index contributed by atoms with van der Waals surface area (Å²) in [4.78, 5) is 0. The Balaban J connectivity index is 0.00000147. The minimum Gasteiger partial charge on any atom is -0.330 e. The molecule has 1 atom stereocenters. The highest BCUT2D eigenvalue weighted by Gasteiger charge is 2.41. The Morgan fingerprint density at radius 3 is 1.80 bits per heavy atom. The van der Waals surface area contributed by atoms with E-state index in [4.69, 9.17) is 5.73 Å². The van der Waals surface area contributed by atoms with Crippen LogP contribution in [0.25, 0.3) is 0 Å². The Hall–Kier alpha value is -1.31. The van der Waals surface area contributed by atoms with Crippen molar-refractivity contribution in [1.29, 1.82) is 0 Å². The summed E-state index contributed by atoms with van der Waals surface area (Å²) in [5.74, 6) is 0.653. The van der Waals surface area contributed by atoms with Crippen LogP contribution in [0.2, 0.25) is 0 Å². The van der Waals surface area contributed by atoms with Gasteiger partial charge >= 0.3 is 0 Å². The van der Waals surface area contributed by atoms with E-state index in [1.165, 1.54) is 30.4 Å². The lowest BCUT2D eigenvalue weighted by molar-refractivity contribution is 0.487. The zero-order valence-electron chi connectivity index (χ0n) is 11.7. The second kappa shape index (κ2) is 6.43. The van der Waals surface area contributed by atoms with E-state index < -0.39 is 0 Å². The van der Waals surface area contributed by atoms with Gasteiger partial charge in [-0.25, -0.2) is 0 Å². The second-order valence-electron chi connectivity index (χ2n) is 5.66. The van der Waals surface area contributed by atoms with E-state index in [9.17, 15) is 0 Å². The molecule has 1 unspecified atom stereocenters. The summed E-state index contributed by atoms with van der Waals surface area (Å²) in [5, 5.41) is 0. The van der Waals surface area contributed by atoms with Crippen LogP contribution in [0.5, 0.6) is 0 Å². The third-order valence-corrected chi connectivity index (χ3v) is 4.60. The molecule has 2 heteroatoms. The largest absolute Gasteiger partial charge is 0.330 e. The van der Waals surface area contributed by atoms with Crippen molar-refractivity contribution in [2.45, 2.75) is 24.7 Å². The van der Waals surface area contributed by atoms with Crippen LogP contribution in [-0.2, 0) is 5.41 Å². The Kier molecular flexibility index (Phi) is 4.85. The van der Waals surface area contributed by atoms with Crippen molar-refractivity contribution in [2.24, 2.45) is 11.7 Å². The van der Waals surface area contributed by atoms with Crippen molar-refractivity contribution in [3.63, 3.8) is 0 Å². The first-order valence-corrected chi connectivity index (χ1v) is 7.16. The molecule has 0 spiro atoms. The third kappa shape index (κ3) is 2.61. The Bertz CT molecular complexity index is 484. The molecule has 20 heavy (non-hydrogen) atoms. The highest BCUT2D eigenvalue weighted by molar-refractivity contribution is 5.85. The zero-order chi connectivity index (χ0) is 13.1. The van der Waals surface area contributed by atoms with Crippen molar-refractivity contribution in [1.82, 2.24) is 0 Å². The fourth-order valence-corrected chi connectivity index (χ4v) is 3.55. The highest BCUT2D eigenvalue weighted by atomic mass is 35.5. The van der Waals surface area contributed by atoms with Gasteiger partial charge in [-0.15, -0.1) is 12.4 Å². The van der Waals surface area contributed by atoms with E-state index in [1.54, 1.807) is 0 Å². The standard InChI is InChI=1S/C18H21N.ClH/c19-14-15-11-12-18(13-15,16-7-3-1-4-8-16)17-9-5-2-6-10-17;/h1-10,15H,11-14,19H2;1H. The molecule has 1 fully saturated rings. The van der Waals surface area contributed by atoms with Gasteiger partial charge in [0, 0.05) is 5.41 Å². The van der Waals surface area contributed by atoms with Gasteiger partial charge in [0.2, 0.25) is 0 Å². The van der Waals surface area contributed by atoms with E-state index in [2.05, 4.69) is 60.7 Å². The molecule has 1 saturated carbocycles. The fraction of sp³-hybridized carbons (Fsp3) is 0.333. The Morgan fingerprint density at radius 1 is 0.900 bits per heavy atom. The van der Waals surface area contributed by atoms with E-state index in [1.807, 2.05) is 0 Å². The summed E-state index contributed by atoms with van der Waals surface area (Å²) in [6.45, 7) is 0.807. The fourth-order valence-electron chi connectivity index (χ4n) is 3.55. The maximum atomic E-state index is 5.91. The van der Waals surface area contributed by atoms with Crippen LogP contribution in [0.1, 0.15) is 30.4 Å². The van der Waals surface area contributed by atoms with E-state index in [0.717, 1.165) is 6.54 Å². The molecule has 0 saturated heterocycles. The predicted octanol–water partition coefficient (Wildman–Crippen LogP) is 4.15. The van der Waals surface area contributed by atoms with Crippen LogP contribution in [0.3, 0.4) is 0 Å². The van der Waals surface area contributed by atoms with Crippen LogP contribution >= 0.6 is 12.4 Å². The van der Waals surface area contributed by atoms with Crippen LogP contribution in [-0.4, -0.2) is 6.54 Å². The maximum absolute atomic E-state index is 5.91. The van der Waals surface area contributed by atoms with Crippen molar-refractivity contribution < 1.29 is 0 Å². The minimum absolute atomic E-state index is 0. The summed E-state index contributed by atoms with van der Waals surface area (Å²) < 4.78 is 0. The molecule has 106 valence electrons. The SMILES string of the molecule is Cl.NCC1CCC(c2ccccc2)(c2ccccc2)C1. The molecule has 0 amide bonds. The van der Waals surface area contributed by atoms with Crippen molar-refractivity contribution >= 4 is 12.4 Å². The number of rotatable bonds is 3. The molecule has 1 aliphatic carbocycles. The average Bonchev–Trinajstić information content (AvgIpc) is 2.95. The molecule has 2 aromatic carbocycles. The molecule has 0 radical (unpaired) electrons. The van der Waals surface area contributed by atoms with Crippen LogP contribution in [0, 0.1) is 5.92 Å². The number of hydrogen-bond donors (Lipinski definition) is 1. The molecule has 2 aromatic rings. The van der Waals surface area contributed by atoms with Crippen molar-refractivity contribution in [2.75, 3.05) is 6.54 Å². The van der Waals surface area contributed by atoms with Gasteiger partial charge in [-0.1, -0.05) is 60.7 Å².